The highest BCUT2D eigenvalue weighted by atomic mass is 14.8. The molecule has 0 aromatic rings. The summed E-state index contributed by atoms with van der Waals surface area (Å²) < 4.78 is 0. The Kier molecular flexibility index (Phi) is 3.80. The van der Waals surface area contributed by atoms with Crippen LogP contribution in [0.15, 0.2) is 29.4 Å². The molecule has 0 unspecified atom stereocenters. The third-order valence-electron chi connectivity index (χ3n) is 0.591. The van der Waals surface area contributed by atoms with Crippen molar-refractivity contribution in [2.24, 2.45) is 10.7 Å². The highest BCUT2D eigenvalue weighted by molar-refractivity contribution is 5.52. The number of allylic oxidation sites excluding steroid dienone is 2. The molecule has 0 aliphatic carbocycles. The minimum absolute atomic E-state index is 0.362. The van der Waals surface area contributed by atoms with E-state index >= 15 is 0 Å². The summed E-state index contributed by atoms with van der Waals surface area (Å²) in [6, 6.07) is 1.83. The Labute approximate surface area is 53.8 Å². The van der Waals surface area contributed by atoms with E-state index in [4.69, 9.17) is 11.0 Å². The summed E-state index contributed by atoms with van der Waals surface area (Å²) in [4.78, 5) is 3.52. The van der Waals surface area contributed by atoms with Crippen molar-refractivity contribution in [1.82, 2.24) is 0 Å². The number of hydrogen-bond acceptors (Lipinski definition) is 2. The average molecular weight is 121 g/mol. The molecule has 0 aromatic heterocycles. The Balaban J connectivity index is 3.75. The van der Waals surface area contributed by atoms with E-state index in [9.17, 15) is 0 Å². The Morgan fingerprint density at radius 1 is 1.78 bits per heavy atom. The molecule has 46 valence electrons. The van der Waals surface area contributed by atoms with Crippen LogP contribution >= 0.6 is 0 Å². The summed E-state index contributed by atoms with van der Waals surface area (Å²) >= 11 is 0. The van der Waals surface area contributed by atoms with Crippen LogP contribution in [-0.2, 0) is 0 Å². The van der Waals surface area contributed by atoms with Crippen LogP contribution < -0.4 is 5.73 Å². The lowest BCUT2D eigenvalue weighted by atomic mass is 10.3. The zero-order valence-electron chi connectivity index (χ0n) is 4.91. The zero-order valence-corrected chi connectivity index (χ0v) is 4.91. The van der Waals surface area contributed by atoms with Gasteiger partial charge in [0.15, 0.2) is 0 Å². The van der Waals surface area contributed by atoms with E-state index in [0.29, 0.717) is 5.57 Å². The largest absolute Gasteiger partial charge is 0.390 e. The van der Waals surface area contributed by atoms with Crippen molar-refractivity contribution >= 4 is 6.34 Å². The number of nitrogens with two attached hydrogens (primary N) is 1. The quantitative estimate of drug-likeness (QED) is 0.251. The average Bonchev–Trinajstić information content (AvgIpc) is 1.89. The van der Waals surface area contributed by atoms with E-state index in [1.807, 2.05) is 6.07 Å². The molecule has 0 aliphatic rings. The van der Waals surface area contributed by atoms with Gasteiger partial charge in [-0.3, -0.25) is 0 Å². The highest BCUT2D eigenvalue weighted by Crippen LogP contribution is 1.87. The molecular formula is C6H7N3. The third kappa shape index (κ3) is 4.29. The first-order chi connectivity index (χ1) is 4.31. The summed E-state index contributed by atoms with van der Waals surface area (Å²) in [5.41, 5.74) is 5.26. The molecule has 9 heavy (non-hydrogen) atoms. The van der Waals surface area contributed by atoms with Gasteiger partial charge in [0.2, 0.25) is 0 Å². The number of nitriles is 1. The molecule has 0 spiro atoms. The van der Waals surface area contributed by atoms with Crippen molar-refractivity contribution in [3.05, 3.63) is 24.4 Å². The van der Waals surface area contributed by atoms with Crippen LogP contribution in [-0.4, -0.2) is 6.34 Å². The summed E-state index contributed by atoms with van der Waals surface area (Å²) in [6.45, 7) is 3.38. The minimum Gasteiger partial charge on any atom is -0.390 e. The van der Waals surface area contributed by atoms with Crippen LogP contribution in [0.1, 0.15) is 0 Å². The first-order valence-electron chi connectivity index (χ1n) is 2.30. The number of rotatable bonds is 2. The molecular weight excluding hydrogens is 114 g/mol. The van der Waals surface area contributed by atoms with Crippen molar-refractivity contribution in [3.63, 3.8) is 0 Å². The fourth-order valence-corrected chi connectivity index (χ4v) is 0.220. The second kappa shape index (κ2) is 4.60. The second-order valence-electron chi connectivity index (χ2n) is 1.25. The summed E-state index contributed by atoms with van der Waals surface area (Å²) in [6.07, 6.45) is 4.02. The SMILES string of the molecule is C=C(C#N)/C=C\N=CN. The predicted octanol–water partition coefficient (Wildman–Crippen LogP) is 0.567. The van der Waals surface area contributed by atoms with Gasteiger partial charge in [0.25, 0.3) is 0 Å². The van der Waals surface area contributed by atoms with Gasteiger partial charge in [0.1, 0.15) is 0 Å². The normalized spacial score (nSPS) is 10.1. The standard InChI is InChI=1S/C6H7N3/c1-6(4-7)2-3-9-5-8/h2-3,5H,1H2,(H2,8,9)/b3-2-. The molecule has 0 aliphatic heterocycles. The monoisotopic (exact) mass is 121 g/mol. The predicted molar refractivity (Wildman–Crippen MR) is 36.6 cm³/mol. The van der Waals surface area contributed by atoms with Gasteiger partial charge in [0, 0.05) is 11.8 Å². The van der Waals surface area contributed by atoms with Crippen LogP contribution in [0.2, 0.25) is 0 Å². The molecule has 0 heterocycles. The van der Waals surface area contributed by atoms with Crippen LogP contribution in [0.25, 0.3) is 0 Å². The second-order valence-corrected chi connectivity index (χ2v) is 1.25. The molecule has 0 radical (unpaired) electrons. The molecule has 0 aromatic carbocycles. The third-order valence-corrected chi connectivity index (χ3v) is 0.591. The number of hydrogen-bond donors (Lipinski definition) is 1. The fourth-order valence-electron chi connectivity index (χ4n) is 0.220. The Bertz CT molecular complexity index is 183. The number of aliphatic imine (C=N–C) groups is 1. The molecule has 0 saturated carbocycles. The summed E-state index contributed by atoms with van der Waals surface area (Å²) in [5, 5.41) is 8.15. The van der Waals surface area contributed by atoms with Crippen LogP contribution in [0.3, 0.4) is 0 Å². The van der Waals surface area contributed by atoms with Gasteiger partial charge < -0.3 is 5.73 Å². The molecule has 0 atom stereocenters. The van der Waals surface area contributed by atoms with E-state index < -0.39 is 0 Å². The lowest BCUT2D eigenvalue weighted by Gasteiger charge is -1.75. The van der Waals surface area contributed by atoms with Crippen molar-refractivity contribution in [3.8, 4) is 6.07 Å². The van der Waals surface area contributed by atoms with Gasteiger partial charge in [-0.1, -0.05) is 6.58 Å². The van der Waals surface area contributed by atoms with Gasteiger partial charge in [0.05, 0.1) is 12.4 Å². The molecule has 0 saturated heterocycles. The molecule has 3 nitrogen and oxygen atoms in total. The molecule has 0 bridgehead atoms. The van der Waals surface area contributed by atoms with E-state index in [0.717, 1.165) is 6.34 Å². The molecule has 0 amide bonds. The minimum atomic E-state index is 0.362. The van der Waals surface area contributed by atoms with Crippen molar-refractivity contribution < 1.29 is 0 Å². The van der Waals surface area contributed by atoms with Gasteiger partial charge >= 0.3 is 0 Å². The van der Waals surface area contributed by atoms with Crippen LogP contribution in [0, 0.1) is 11.3 Å². The van der Waals surface area contributed by atoms with E-state index in [1.54, 1.807) is 0 Å². The maximum absolute atomic E-state index is 8.15. The van der Waals surface area contributed by atoms with E-state index in [1.165, 1.54) is 12.3 Å². The fraction of sp³-hybridized carbons (Fsp3) is 0. The smallest absolute Gasteiger partial charge is 0.0985 e. The Morgan fingerprint density at radius 3 is 2.89 bits per heavy atom. The van der Waals surface area contributed by atoms with Crippen LogP contribution in [0.4, 0.5) is 0 Å². The topological polar surface area (TPSA) is 62.2 Å². The maximum atomic E-state index is 8.15. The summed E-state index contributed by atoms with van der Waals surface area (Å²) in [5.74, 6) is 0. The first-order valence-corrected chi connectivity index (χ1v) is 2.30. The van der Waals surface area contributed by atoms with Crippen molar-refractivity contribution in [2.45, 2.75) is 0 Å². The van der Waals surface area contributed by atoms with Gasteiger partial charge in [-0.25, -0.2) is 4.99 Å². The molecule has 0 rings (SSSR count). The van der Waals surface area contributed by atoms with Gasteiger partial charge in [-0.15, -0.1) is 0 Å². The lowest BCUT2D eigenvalue weighted by molar-refractivity contribution is 1.48. The Hall–Kier alpha value is -1.56. The number of nitrogens with zero attached hydrogens (tertiary/aromatic N) is 2. The van der Waals surface area contributed by atoms with E-state index in [2.05, 4.69) is 11.6 Å². The van der Waals surface area contributed by atoms with Gasteiger partial charge in [-0.05, 0) is 6.08 Å². The summed E-state index contributed by atoms with van der Waals surface area (Å²) in [7, 11) is 0. The first kappa shape index (κ1) is 7.44. The maximum Gasteiger partial charge on any atom is 0.0985 e. The molecule has 3 heteroatoms. The molecule has 2 N–H and O–H groups in total. The zero-order chi connectivity index (χ0) is 7.11. The highest BCUT2D eigenvalue weighted by Gasteiger charge is 1.76. The Morgan fingerprint density at radius 2 is 2.44 bits per heavy atom. The lowest BCUT2D eigenvalue weighted by Crippen LogP contribution is -1.85. The molecule has 0 fully saturated rings. The van der Waals surface area contributed by atoms with Crippen LogP contribution in [0.5, 0.6) is 0 Å². The van der Waals surface area contributed by atoms with Crippen molar-refractivity contribution in [1.29, 1.82) is 5.26 Å². The van der Waals surface area contributed by atoms with E-state index in [-0.39, 0.29) is 0 Å². The van der Waals surface area contributed by atoms with Gasteiger partial charge in [-0.2, -0.15) is 5.26 Å². The van der Waals surface area contributed by atoms with Crippen molar-refractivity contribution in [2.75, 3.05) is 0 Å².